The van der Waals surface area contributed by atoms with E-state index in [-0.39, 0.29) is 17.7 Å². The first-order valence-corrected chi connectivity index (χ1v) is 5.07. The smallest absolute Gasteiger partial charge is 0.124 e. The van der Waals surface area contributed by atoms with Crippen LogP contribution in [0.1, 0.15) is 37.5 Å². The molecule has 0 aromatic heterocycles. The molecule has 3 heteroatoms. The van der Waals surface area contributed by atoms with Crippen molar-refractivity contribution in [2.75, 3.05) is 0 Å². The molecule has 0 aliphatic heterocycles. The van der Waals surface area contributed by atoms with E-state index in [4.69, 9.17) is 5.21 Å². The third-order valence-electron chi connectivity index (χ3n) is 2.58. The molecule has 0 unspecified atom stereocenters. The van der Waals surface area contributed by atoms with Gasteiger partial charge in [-0.2, -0.15) is 0 Å². The van der Waals surface area contributed by atoms with Crippen molar-refractivity contribution in [1.29, 1.82) is 0 Å². The van der Waals surface area contributed by atoms with Crippen LogP contribution in [0.3, 0.4) is 0 Å². The number of nitrogens with one attached hydrogen (secondary N) is 1. The van der Waals surface area contributed by atoms with Gasteiger partial charge >= 0.3 is 0 Å². The van der Waals surface area contributed by atoms with Crippen LogP contribution in [0.25, 0.3) is 0 Å². The van der Waals surface area contributed by atoms with Gasteiger partial charge in [0.25, 0.3) is 0 Å². The molecule has 3 N–H and O–H groups in total. The lowest BCUT2D eigenvalue weighted by Crippen LogP contribution is -2.14. The van der Waals surface area contributed by atoms with E-state index in [1.54, 1.807) is 0 Å². The maximum Gasteiger partial charge on any atom is 0.124 e. The molecule has 0 atom stereocenters. The Morgan fingerprint density at radius 3 is 2.33 bits per heavy atom. The molecule has 0 heterocycles. The van der Waals surface area contributed by atoms with E-state index in [0.717, 1.165) is 16.7 Å². The summed E-state index contributed by atoms with van der Waals surface area (Å²) in [5.74, 6) is 0.282. The highest BCUT2D eigenvalue weighted by Gasteiger charge is 2.20. The van der Waals surface area contributed by atoms with Gasteiger partial charge in [0.1, 0.15) is 5.75 Å². The minimum atomic E-state index is -0.0952. The van der Waals surface area contributed by atoms with Crippen molar-refractivity contribution in [2.24, 2.45) is 0 Å². The molecule has 15 heavy (non-hydrogen) atoms. The van der Waals surface area contributed by atoms with Gasteiger partial charge in [-0.05, 0) is 23.5 Å². The minimum Gasteiger partial charge on any atom is -0.507 e. The fourth-order valence-corrected chi connectivity index (χ4v) is 1.64. The van der Waals surface area contributed by atoms with Crippen LogP contribution >= 0.6 is 0 Å². The summed E-state index contributed by atoms with van der Waals surface area (Å²) in [6, 6.07) is 3.90. The molecule has 0 aliphatic rings. The second-order valence-electron chi connectivity index (χ2n) is 4.84. The van der Waals surface area contributed by atoms with E-state index in [1.165, 1.54) is 0 Å². The molecular formula is C12H19NO2. The number of hydrogen-bond donors (Lipinski definition) is 3. The van der Waals surface area contributed by atoms with Crippen LogP contribution in [0.5, 0.6) is 5.75 Å². The van der Waals surface area contributed by atoms with Gasteiger partial charge in [0, 0.05) is 12.1 Å². The Morgan fingerprint density at radius 2 is 1.87 bits per heavy atom. The lowest BCUT2D eigenvalue weighted by atomic mass is 9.84. The Balaban J connectivity index is 3.28. The molecule has 1 aromatic rings. The van der Waals surface area contributed by atoms with Gasteiger partial charge in [-0.1, -0.05) is 32.9 Å². The molecule has 0 spiro atoms. The SMILES string of the molecule is Cc1ccc(C(C)(C)C)c(O)c1CNO. The fourth-order valence-electron chi connectivity index (χ4n) is 1.64. The second kappa shape index (κ2) is 4.21. The average molecular weight is 209 g/mol. The molecular weight excluding hydrogens is 190 g/mol. The van der Waals surface area contributed by atoms with E-state index < -0.39 is 0 Å². The summed E-state index contributed by atoms with van der Waals surface area (Å²) < 4.78 is 0. The number of phenols is 1. The van der Waals surface area contributed by atoms with Crippen molar-refractivity contribution in [3.05, 3.63) is 28.8 Å². The Kier molecular flexibility index (Phi) is 3.37. The van der Waals surface area contributed by atoms with E-state index in [1.807, 2.05) is 39.8 Å². The van der Waals surface area contributed by atoms with Gasteiger partial charge in [0.2, 0.25) is 0 Å². The van der Waals surface area contributed by atoms with Crippen LogP contribution in [0, 0.1) is 6.92 Å². The van der Waals surface area contributed by atoms with Crippen LogP contribution in [-0.2, 0) is 12.0 Å². The number of hydrogen-bond acceptors (Lipinski definition) is 3. The maximum atomic E-state index is 10.1. The first kappa shape index (κ1) is 12.0. The summed E-state index contributed by atoms with van der Waals surface area (Å²) in [4.78, 5) is 0. The number of aromatic hydroxyl groups is 1. The van der Waals surface area contributed by atoms with Gasteiger partial charge in [-0.15, -0.1) is 0 Å². The summed E-state index contributed by atoms with van der Waals surface area (Å²) in [5, 5.41) is 18.8. The first-order valence-electron chi connectivity index (χ1n) is 5.07. The monoisotopic (exact) mass is 209 g/mol. The van der Waals surface area contributed by atoms with Crippen molar-refractivity contribution in [1.82, 2.24) is 5.48 Å². The van der Waals surface area contributed by atoms with Crippen LogP contribution < -0.4 is 5.48 Å². The number of hydroxylamine groups is 1. The molecule has 0 saturated carbocycles. The lowest BCUT2D eigenvalue weighted by molar-refractivity contribution is 0.160. The first-order chi connectivity index (χ1) is 6.88. The zero-order valence-corrected chi connectivity index (χ0v) is 9.76. The van der Waals surface area contributed by atoms with E-state index >= 15 is 0 Å². The number of rotatable bonds is 2. The maximum absolute atomic E-state index is 10.1. The van der Waals surface area contributed by atoms with Crippen LogP contribution in [0.15, 0.2) is 12.1 Å². The average Bonchev–Trinajstić information content (AvgIpc) is 2.09. The van der Waals surface area contributed by atoms with E-state index in [9.17, 15) is 5.11 Å². The minimum absolute atomic E-state index is 0.0952. The summed E-state index contributed by atoms with van der Waals surface area (Å²) in [5.41, 5.74) is 4.62. The standard InChI is InChI=1S/C12H19NO2/c1-8-5-6-10(12(2,3)4)11(14)9(8)7-13-15/h5-6,13-15H,7H2,1-4H3. The quantitative estimate of drug-likeness (QED) is 0.656. The van der Waals surface area contributed by atoms with Gasteiger partial charge in [-0.3, -0.25) is 0 Å². The number of phenolic OH excluding ortho intramolecular Hbond substituents is 1. The third kappa shape index (κ3) is 2.49. The highest BCUT2D eigenvalue weighted by atomic mass is 16.5. The molecule has 1 aromatic carbocycles. The molecule has 3 nitrogen and oxygen atoms in total. The molecule has 0 bridgehead atoms. The Morgan fingerprint density at radius 1 is 1.27 bits per heavy atom. The molecule has 0 radical (unpaired) electrons. The van der Waals surface area contributed by atoms with Gasteiger partial charge in [-0.25, -0.2) is 5.48 Å². The van der Waals surface area contributed by atoms with Gasteiger partial charge in [0.05, 0.1) is 0 Å². The number of aryl methyl sites for hydroxylation is 1. The van der Waals surface area contributed by atoms with Crippen molar-refractivity contribution in [3.8, 4) is 5.75 Å². The van der Waals surface area contributed by atoms with Crippen LogP contribution in [0.4, 0.5) is 0 Å². The lowest BCUT2D eigenvalue weighted by Gasteiger charge is -2.22. The Bertz CT molecular complexity index is 353. The van der Waals surface area contributed by atoms with Crippen LogP contribution in [-0.4, -0.2) is 10.3 Å². The number of benzene rings is 1. The highest BCUT2D eigenvalue weighted by molar-refractivity contribution is 5.47. The summed E-state index contributed by atoms with van der Waals surface area (Å²) in [6.45, 7) is 8.33. The zero-order valence-electron chi connectivity index (χ0n) is 9.76. The van der Waals surface area contributed by atoms with Gasteiger partial charge in [0.15, 0.2) is 0 Å². The van der Waals surface area contributed by atoms with Crippen molar-refractivity contribution < 1.29 is 10.3 Å². The van der Waals surface area contributed by atoms with Gasteiger partial charge < -0.3 is 10.3 Å². The molecule has 0 fully saturated rings. The molecule has 0 saturated heterocycles. The largest absolute Gasteiger partial charge is 0.507 e. The van der Waals surface area contributed by atoms with Crippen molar-refractivity contribution in [2.45, 2.75) is 39.7 Å². The third-order valence-corrected chi connectivity index (χ3v) is 2.58. The summed E-state index contributed by atoms with van der Waals surface area (Å²) in [6.07, 6.45) is 0. The molecule has 1 rings (SSSR count). The van der Waals surface area contributed by atoms with Crippen molar-refractivity contribution in [3.63, 3.8) is 0 Å². The van der Waals surface area contributed by atoms with E-state index in [2.05, 4.69) is 5.48 Å². The highest BCUT2D eigenvalue weighted by Crippen LogP contribution is 2.34. The summed E-state index contributed by atoms with van der Waals surface area (Å²) >= 11 is 0. The summed E-state index contributed by atoms with van der Waals surface area (Å²) in [7, 11) is 0. The second-order valence-corrected chi connectivity index (χ2v) is 4.84. The van der Waals surface area contributed by atoms with E-state index in [0.29, 0.717) is 0 Å². The predicted molar refractivity (Wildman–Crippen MR) is 60.2 cm³/mol. The van der Waals surface area contributed by atoms with Crippen molar-refractivity contribution >= 4 is 0 Å². The zero-order chi connectivity index (χ0) is 11.6. The Hall–Kier alpha value is -1.06. The fraction of sp³-hybridized carbons (Fsp3) is 0.500. The van der Waals surface area contributed by atoms with Crippen LogP contribution in [0.2, 0.25) is 0 Å². The topological polar surface area (TPSA) is 52.5 Å². The molecule has 0 aliphatic carbocycles. The predicted octanol–water partition coefficient (Wildman–Crippen LogP) is 2.48. The molecule has 0 amide bonds. The Labute approximate surface area is 90.7 Å². The molecule has 84 valence electrons. The normalized spacial score (nSPS) is 11.8.